The van der Waals surface area contributed by atoms with Crippen molar-refractivity contribution in [2.75, 3.05) is 0 Å². The molecule has 0 aliphatic heterocycles. The summed E-state index contributed by atoms with van der Waals surface area (Å²) < 4.78 is 57.2. The van der Waals surface area contributed by atoms with E-state index >= 15 is 0 Å². The van der Waals surface area contributed by atoms with Gasteiger partial charge in [0.1, 0.15) is 11.4 Å². The summed E-state index contributed by atoms with van der Waals surface area (Å²) in [6.45, 7) is -1.35. The summed E-state index contributed by atoms with van der Waals surface area (Å²) >= 11 is 0. The maximum absolute atomic E-state index is 11.8. The van der Waals surface area contributed by atoms with Crippen LogP contribution in [0.5, 0.6) is 0 Å². The van der Waals surface area contributed by atoms with Gasteiger partial charge in [-0.3, -0.25) is 4.68 Å². The lowest BCUT2D eigenvalue weighted by Gasteiger charge is -2.04. The Kier molecular flexibility index (Phi) is 2.77. The van der Waals surface area contributed by atoms with Crippen LogP contribution in [-0.4, -0.2) is 24.4 Å². The van der Waals surface area contributed by atoms with Crippen molar-refractivity contribution in [2.45, 2.75) is 17.6 Å². The smallest absolute Gasteiger partial charge is 0.262 e. The van der Waals surface area contributed by atoms with E-state index in [4.69, 9.17) is 10.7 Å². The fraction of sp³-hybridized carbons (Fsp3) is 0.400. The van der Waals surface area contributed by atoms with Crippen LogP contribution in [0.2, 0.25) is 0 Å². The standard InChI is InChI=1S/C5H4ClF3N2O2S/c6-14(12,13)4-1-10-11(2-4)3-5(7,8)9/h1-2H,3H2. The van der Waals surface area contributed by atoms with E-state index in [-0.39, 0.29) is 0 Å². The molecule has 14 heavy (non-hydrogen) atoms. The normalized spacial score (nSPS) is 13.1. The van der Waals surface area contributed by atoms with Crippen LogP contribution in [0.25, 0.3) is 0 Å². The van der Waals surface area contributed by atoms with Gasteiger partial charge in [-0.2, -0.15) is 18.3 Å². The van der Waals surface area contributed by atoms with Crippen molar-refractivity contribution in [1.29, 1.82) is 0 Å². The topological polar surface area (TPSA) is 52.0 Å². The molecule has 0 radical (unpaired) electrons. The Morgan fingerprint density at radius 2 is 2.07 bits per heavy atom. The fourth-order valence-corrected chi connectivity index (χ4v) is 1.40. The monoisotopic (exact) mass is 248 g/mol. The molecule has 0 fully saturated rings. The number of aromatic nitrogens is 2. The summed E-state index contributed by atoms with van der Waals surface area (Å²) in [7, 11) is 0.865. The predicted octanol–water partition coefficient (Wildman–Crippen LogP) is 1.37. The number of hydrogen-bond acceptors (Lipinski definition) is 3. The SMILES string of the molecule is O=S(=O)(Cl)c1cnn(CC(F)(F)F)c1. The van der Waals surface area contributed by atoms with Gasteiger partial charge < -0.3 is 0 Å². The van der Waals surface area contributed by atoms with Crippen LogP contribution < -0.4 is 0 Å². The summed E-state index contributed by atoms with van der Waals surface area (Å²) in [5.41, 5.74) is 0. The minimum atomic E-state index is -4.45. The highest BCUT2D eigenvalue weighted by molar-refractivity contribution is 8.13. The van der Waals surface area contributed by atoms with Gasteiger partial charge in [-0.25, -0.2) is 8.42 Å². The number of alkyl halides is 3. The average molecular weight is 249 g/mol. The van der Waals surface area contributed by atoms with E-state index in [0.29, 0.717) is 4.68 Å². The lowest BCUT2D eigenvalue weighted by atomic mass is 10.6. The summed E-state index contributed by atoms with van der Waals surface area (Å²) in [5, 5.41) is 3.20. The first kappa shape index (κ1) is 11.3. The molecule has 0 bridgehead atoms. The summed E-state index contributed by atoms with van der Waals surface area (Å²) in [5.74, 6) is 0. The zero-order chi connectivity index (χ0) is 11.0. The molecule has 0 aliphatic rings. The Morgan fingerprint density at radius 3 is 2.43 bits per heavy atom. The molecule has 4 nitrogen and oxygen atoms in total. The Bertz CT molecular complexity index is 424. The third-order valence-corrected chi connectivity index (χ3v) is 2.54. The maximum Gasteiger partial charge on any atom is 0.408 e. The van der Waals surface area contributed by atoms with Gasteiger partial charge in [0.2, 0.25) is 0 Å². The molecule has 1 aromatic heterocycles. The molecule has 9 heteroatoms. The van der Waals surface area contributed by atoms with Crippen molar-refractivity contribution in [3.8, 4) is 0 Å². The van der Waals surface area contributed by atoms with Crippen LogP contribution in [0.3, 0.4) is 0 Å². The van der Waals surface area contributed by atoms with Gasteiger partial charge in [0, 0.05) is 16.9 Å². The highest BCUT2D eigenvalue weighted by atomic mass is 35.7. The molecule has 0 aromatic carbocycles. The van der Waals surface area contributed by atoms with Gasteiger partial charge in [0.25, 0.3) is 9.05 Å². The first-order valence-corrected chi connectivity index (χ1v) is 5.53. The Labute approximate surface area is 81.7 Å². The number of hydrogen-bond donors (Lipinski definition) is 0. The van der Waals surface area contributed by atoms with Crippen molar-refractivity contribution in [3.63, 3.8) is 0 Å². The molecular weight excluding hydrogens is 245 g/mol. The predicted molar refractivity (Wildman–Crippen MR) is 41.3 cm³/mol. The third-order valence-electron chi connectivity index (χ3n) is 1.23. The summed E-state index contributed by atoms with van der Waals surface area (Å²) in [4.78, 5) is -0.455. The van der Waals surface area contributed by atoms with Gasteiger partial charge in [-0.1, -0.05) is 0 Å². The van der Waals surface area contributed by atoms with E-state index in [1.165, 1.54) is 0 Å². The van der Waals surface area contributed by atoms with E-state index in [1.54, 1.807) is 0 Å². The lowest BCUT2D eigenvalue weighted by molar-refractivity contribution is -0.142. The van der Waals surface area contributed by atoms with Gasteiger partial charge >= 0.3 is 6.18 Å². The zero-order valence-electron chi connectivity index (χ0n) is 6.49. The van der Waals surface area contributed by atoms with E-state index in [9.17, 15) is 21.6 Å². The zero-order valence-corrected chi connectivity index (χ0v) is 8.07. The lowest BCUT2D eigenvalue weighted by Crippen LogP contribution is -2.17. The number of nitrogens with zero attached hydrogens (tertiary/aromatic N) is 2. The molecule has 0 unspecified atom stereocenters. The molecule has 1 aromatic rings. The van der Waals surface area contributed by atoms with Gasteiger partial charge in [0.05, 0.1) is 6.20 Å². The van der Waals surface area contributed by atoms with Crippen LogP contribution in [0, 0.1) is 0 Å². The molecule has 0 saturated carbocycles. The second-order valence-corrected chi connectivity index (χ2v) is 4.99. The Morgan fingerprint density at radius 1 is 1.50 bits per heavy atom. The molecule has 0 N–H and O–H groups in total. The van der Waals surface area contributed by atoms with Crippen molar-refractivity contribution < 1.29 is 21.6 Å². The molecular formula is C5H4ClF3N2O2S. The van der Waals surface area contributed by atoms with Gasteiger partial charge in [-0.05, 0) is 0 Å². The second kappa shape index (κ2) is 3.43. The molecule has 1 heterocycles. The van der Waals surface area contributed by atoms with Gasteiger partial charge in [-0.15, -0.1) is 0 Å². The highest BCUT2D eigenvalue weighted by Gasteiger charge is 2.29. The molecule has 0 aliphatic carbocycles. The fourth-order valence-electron chi connectivity index (χ4n) is 0.741. The molecule has 0 amide bonds. The van der Waals surface area contributed by atoms with Crippen molar-refractivity contribution in [1.82, 2.24) is 9.78 Å². The maximum atomic E-state index is 11.8. The van der Waals surface area contributed by atoms with Crippen molar-refractivity contribution in [2.24, 2.45) is 0 Å². The minimum Gasteiger partial charge on any atom is -0.262 e. The van der Waals surface area contributed by atoms with Crippen molar-refractivity contribution in [3.05, 3.63) is 12.4 Å². The van der Waals surface area contributed by atoms with Crippen LogP contribution in [0.4, 0.5) is 13.2 Å². The highest BCUT2D eigenvalue weighted by Crippen LogP contribution is 2.19. The largest absolute Gasteiger partial charge is 0.408 e. The Hall–Kier alpha value is -0.760. The van der Waals surface area contributed by atoms with Crippen LogP contribution >= 0.6 is 10.7 Å². The summed E-state index contributed by atoms with van der Waals surface area (Å²) in [6.07, 6.45) is -2.97. The third kappa shape index (κ3) is 3.18. The minimum absolute atomic E-state index is 0.454. The molecule has 80 valence electrons. The summed E-state index contributed by atoms with van der Waals surface area (Å²) in [6, 6.07) is 0. The molecule has 1 rings (SSSR count). The van der Waals surface area contributed by atoms with Gasteiger partial charge in [0.15, 0.2) is 0 Å². The molecule has 0 saturated heterocycles. The van der Waals surface area contributed by atoms with Crippen LogP contribution in [0.15, 0.2) is 17.3 Å². The van der Waals surface area contributed by atoms with E-state index < -0.39 is 26.7 Å². The van der Waals surface area contributed by atoms with E-state index in [0.717, 1.165) is 12.4 Å². The number of halogens is 4. The Balaban J connectivity index is 2.90. The van der Waals surface area contributed by atoms with Crippen LogP contribution in [0.1, 0.15) is 0 Å². The quantitative estimate of drug-likeness (QED) is 0.743. The molecule has 0 atom stereocenters. The second-order valence-electron chi connectivity index (χ2n) is 2.43. The van der Waals surface area contributed by atoms with E-state index in [2.05, 4.69) is 5.10 Å². The van der Waals surface area contributed by atoms with E-state index in [1.807, 2.05) is 0 Å². The average Bonchev–Trinajstić information content (AvgIpc) is 2.29. The number of rotatable bonds is 2. The van der Waals surface area contributed by atoms with Crippen LogP contribution in [-0.2, 0) is 15.6 Å². The van der Waals surface area contributed by atoms with Crippen molar-refractivity contribution >= 4 is 19.7 Å². The first-order chi connectivity index (χ1) is 6.18. The molecule has 0 spiro atoms. The first-order valence-electron chi connectivity index (χ1n) is 3.22.